The summed E-state index contributed by atoms with van der Waals surface area (Å²) in [6.45, 7) is 3.21. The van der Waals surface area contributed by atoms with E-state index in [-0.39, 0.29) is 25.2 Å². The highest BCUT2D eigenvalue weighted by Crippen LogP contribution is 2.19. The predicted molar refractivity (Wildman–Crippen MR) is 132 cm³/mol. The van der Waals surface area contributed by atoms with Gasteiger partial charge in [-0.3, -0.25) is 19.2 Å². The topological polar surface area (TPSA) is 209 Å². The van der Waals surface area contributed by atoms with Gasteiger partial charge in [0.15, 0.2) is 0 Å². The Bertz CT molecular complexity index is 1100. The molecule has 12 heteroatoms. The summed E-state index contributed by atoms with van der Waals surface area (Å²) in [7, 11) is 0. The average Bonchev–Trinajstić information content (AvgIpc) is 3.25. The number of benzene rings is 1. The van der Waals surface area contributed by atoms with Crippen molar-refractivity contribution in [1.29, 1.82) is 0 Å². The van der Waals surface area contributed by atoms with Gasteiger partial charge >= 0.3 is 5.97 Å². The van der Waals surface area contributed by atoms with E-state index in [1.54, 1.807) is 6.20 Å². The summed E-state index contributed by atoms with van der Waals surface area (Å²) < 4.78 is 0. The van der Waals surface area contributed by atoms with Crippen LogP contribution in [0.25, 0.3) is 10.9 Å². The van der Waals surface area contributed by atoms with E-state index in [0.717, 1.165) is 16.5 Å². The molecule has 0 bridgehead atoms. The molecule has 9 N–H and O–H groups in total. The lowest BCUT2D eigenvalue weighted by Crippen LogP contribution is -2.55. The van der Waals surface area contributed by atoms with Gasteiger partial charge in [-0.15, -0.1) is 0 Å². The Kier molecular flexibility index (Phi) is 10.4. The first-order chi connectivity index (χ1) is 17.0. The maximum absolute atomic E-state index is 13.0. The van der Waals surface area contributed by atoms with Crippen molar-refractivity contribution in [2.24, 2.45) is 17.4 Å². The molecule has 2 rings (SSSR count). The number of carboxylic acids is 1. The van der Waals surface area contributed by atoms with Crippen molar-refractivity contribution in [2.75, 3.05) is 6.54 Å². The fourth-order valence-electron chi connectivity index (χ4n) is 3.59. The summed E-state index contributed by atoms with van der Waals surface area (Å²) in [5, 5.41) is 17.5. The summed E-state index contributed by atoms with van der Waals surface area (Å²) in [5.41, 5.74) is 12.7. The zero-order chi connectivity index (χ0) is 26.8. The number of aliphatic carboxylic acids is 1. The number of carbonyl (C=O) groups is 5. The minimum absolute atomic E-state index is 0.110. The van der Waals surface area contributed by atoms with Crippen LogP contribution in [-0.2, 0) is 30.4 Å². The highest BCUT2D eigenvalue weighted by atomic mass is 16.4. The third-order valence-electron chi connectivity index (χ3n) is 6.03. The van der Waals surface area contributed by atoms with Crippen LogP contribution in [0.5, 0.6) is 0 Å². The van der Waals surface area contributed by atoms with E-state index in [9.17, 15) is 29.1 Å². The first-order valence-electron chi connectivity index (χ1n) is 11.7. The molecule has 2 aromatic rings. The fourth-order valence-corrected chi connectivity index (χ4v) is 3.59. The minimum atomic E-state index is -1.34. The highest BCUT2D eigenvalue weighted by molar-refractivity contribution is 5.93. The maximum Gasteiger partial charge on any atom is 0.326 e. The Labute approximate surface area is 208 Å². The molecule has 0 aliphatic heterocycles. The molecule has 0 fully saturated rings. The number of carboxylic acid groups (broad SMARTS) is 1. The Balaban J connectivity index is 2.11. The van der Waals surface area contributed by atoms with Crippen LogP contribution >= 0.6 is 0 Å². The molecule has 1 heterocycles. The van der Waals surface area contributed by atoms with Gasteiger partial charge in [-0.25, -0.2) is 4.79 Å². The number of primary amides is 1. The Hall–Kier alpha value is -3.93. The van der Waals surface area contributed by atoms with Crippen LogP contribution in [0, 0.1) is 5.92 Å². The van der Waals surface area contributed by atoms with Gasteiger partial charge in [0.2, 0.25) is 23.6 Å². The van der Waals surface area contributed by atoms with E-state index in [2.05, 4.69) is 20.9 Å². The molecule has 0 radical (unpaired) electrons. The minimum Gasteiger partial charge on any atom is -0.480 e. The molecule has 36 heavy (non-hydrogen) atoms. The van der Waals surface area contributed by atoms with Crippen molar-refractivity contribution in [1.82, 2.24) is 20.9 Å². The molecule has 0 aliphatic carbocycles. The third-order valence-corrected chi connectivity index (χ3v) is 6.03. The van der Waals surface area contributed by atoms with Crippen LogP contribution in [0.2, 0.25) is 0 Å². The van der Waals surface area contributed by atoms with Gasteiger partial charge in [0.05, 0.1) is 12.6 Å². The average molecular weight is 503 g/mol. The Morgan fingerprint density at radius 3 is 2.39 bits per heavy atom. The molecule has 0 aliphatic rings. The molecular formula is C24H34N6O6. The van der Waals surface area contributed by atoms with E-state index in [4.69, 9.17) is 11.5 Å². The molecule has 0 saturated heterocycles. The molecule has 196 valence electrons. The molecule has 1 aromatic heterocycles. The zero-order valence-corrected chi connectivity index (χ0v) is 20.4. The van der Waals surface area contributed by atoms with Crippen LogP contribution < -0.4 is 27.4 Å². The van der Waals surface area contributed by atoms with E-state index in [1.165, 1.54) is 0 Å². The summed E-state index contributed by atoms with van der Waals surface area (Å²) in [6.07, 6.45) is 2.14. The normalized spacial score (nSPS) is 14.3. The molecule has 1 aromatic carbocycles. The van der Waals surface area contributed by atoms with Crippen LogP contribution in [0.1, 0.15) is 38.7 Å². The van der Waals surface area contributed by atoms with Gasteiger partial charge in [-0.2, -0.15) is 0 Å². The lowest BCUT2D eigenvalue weighted by molar-refractivity contribution is -0.142. The number of hydrogen-bond acceptors (Lipinski definition) is 6. The molecule has 0 spiro atoms. The van der Waals surface area contributed by atoms with Gasteiger partial charge in [-0.1, -0.05) is 38.5 Å². The van der Waals surface area contributed by atoms with Gasteiger partial charge in [0.25, 0.3) is 0 Å². The van der Waals surface area contributed by atoms with Crippen molar-refractivity contribution in [3.8, 4) is 0 Å². The molecule has 0 unspecified atom stereocenters. The van der Waals surface area contributed by atoms with Crippen molar-refractivity contribution in [3.63, 3.8) is 0 Å². The van der Waals surface area contributed by atoms with Crippen LogP contribution in [0.3, 0.4) is 0 Å². The summed E-state index contributed by atoms with van der Waals surface area (Å²) >= 11 is 0. The number of fused-ring (bicyclic) bond motifs is 1. The lowest BCUT2D eigenvalue weighted by Gasteiger charge is -2.23. The molecule has 4 atom stereocenters. The number of aromatic nitrogens is 1. The van der Waals surface area contributed by atoms with Crippen molar-refractivity contribution < 1.29 is 29.1 Å². The quantitative estimate of drug-likeness (QED) is 0.180. The Morgan fingerprint density at radius 1 is 1.06 bits per heavy atom. The van der Waals surface area contributed by atoms with Crippen molar-refractivity contribution >= 4 is 40.5 Å². The number of nitrogens with one attached hydrogen (secondary N) is 4. The van der Waals surface area contributed by atoms with Gasteiger partial charge < -0.3 is 37.5 Å². The van der Waals surface area contributed by atoms with Crippen LogP contribution in [-0.4, -0.2) is 64.4 Å². The number of amides is 4. The first kappa shape index (κ1) is 28.3. The molecule has 12 nitrogen and oxygen atoms in total. The summed E-state index contributed by atoms with van der Waals surface area (Å²) in [4.78, 5) is 63.4. The number of rotatable bonds is 14. The first-order valence-corrected chi connectivity index (χ1v) is 11.7. The van der Waals surface area contributed by atoms with Crippen molar-refractivity contribution in [3.05, 3.63) is 36.0 Å². The monoisotopic (exact) mass is 502 g/mol. The van der Waals surface area contributed by atoms with E-state index in [1.807, 2.05) is 38.1 Å². The maximum atomic E-state index is 13.0. The lowest BCUT2D eigenvalue weighted by atomic mass is 9.98. The number of aromatic amines is 1. The standard InChI is InChI=1S/C24H34N6O6/c1-3-13(2)21(26)23(34)30-18(10-14-11-27-16-7-5-4-6-15(14)16)22(33)28-12-20(32)29-17(24(35)36)8-9-19(25)31/h4-7,11,13,17-18,21,27H,3,8-10,12,26H2,1-2H3,(H2,25,31)(H,28,33)(H,29,32)(H,30,34)(H,35,36)/t13-,17-,18-,21-/m0/s1. The van der Waals surface area contributed by atoms with Gasteiger partial charge in [-0.05, 0) is 24.0 Å². The summed E-state index contributed by atoms with van der Waals surface area (Å²) in [5.74, 6) is -4.04. The molecule has 0 saturated carbocycles. The second kappa shape index (κ2) is 13.2. The Morgan fingerprint density at radius 2 is 1.75 bits per heavy atom. The van der Waals surface area contributed by atoms with Crippen LogP contribution in [0.15, 0.2) is 30.5 Å². The second-order valence-corrected chi connectivity index (χ2v) is 8.72. The molecule has 4 amide bonds. The fraction of sp³-hybridized carbons (Fsp3) is 0.458. The summed E-state index contributed by atoms with van der Waals surface area (Å²) in [6, 6.07) is 4.29. The number of carbonyl (C=O) groups excluding carboxylic acids is 4. The third kappa shape index (κ3) is 8.08. The highest BCUT2D eigenvalue weighted by Gasteiger charge is 2.28. The van der Waals surface area contributed by atoms with Gasteiger partial charge in [0.1, 0.15) is 12.1 Å². The second-order valence-electron chi connectivity index (χ2n) is 8.72. The zero-order valence-electron chi connectivity index (χ0n) is 20.4. The largest absolute Gasteiger partial charge is 0.480 e. The molecular weight excluding hydrogens is 468 g/mol. The smallest absolute Gasteiger partial charge is 0.326 e. The van der Waals surface area contributed by atoms with E-state index < -0.39 is 54.3 Å². The van der Waals surface area contributed by atoms with Crippen molar-refractivity contribution in [2.45, 2.75) is 57.7 Å². The number of para-hydroxylation sites is 1. The predicted octanol–water partition coefficient (Wildman–Crippen LogP) is -0.480. The van der Waals surface area contributed by atoms with Crippen LogP contribution in [0.4, 0.5) is 0 Å². The number of H-pyrrole nitrogens is 1. The number of nitrogens with two attached hydrogens (primary N) is 2. The SMILES string of the molecule is CC[C@H](C)[C@H](N)C(=O)N[C@@H](Cc1c[nH]c2ccccc12)C(=O)NCC(=O)N[C@@H](CCC(N)=O)C(=O)O. The van der Waals surface area contributed by atoms with Gasteiger partial charge in [0, 0.05) is 29.9 Å². The number of hydrogen-bond donors (Lipinski definition) is 7. The van der Waals surface area contributed by atoms with E-state index in [0.29, 0.717) is 6.42 Å². The van der Waals surface area contributed by atoms with E-state index >= 15 is 0 Å².